The SMILES string of the molecule is Cc1nc(CC(O)c2ccc(Cl)c3cccnc23)sc1C. The Morgan fingerprint density at radius 3 is 2.81 bits per heavy atom. The zero-order chi connectivity index (χ0) is 15.0. The van der Waals surface area contributed by atoms with Crippen molar-refractivity contribution in [2.24, 2.45) is 0 Å². The van der Waals surface area contributed by atoms with Crippen molar-refractivity contribution in [3.8, 4) is 0 Å². The van der Waals surface area contributed by atoms with Crippen LogP contribution < -0.4 is 0 Å². The van der Waals surface area contributed by atoms with Gasteiger partial charge in [0.1, 0.15) is 0 Å². The highest BCUT2D eigenvalue weighted by atomic mass is 35.5. The molecule has 1 atom stereocenters. The second-order valence-corrected chi connectivity index (χ2v) is 6.70. The van der Waals surface area contributed by atoms with E-state index >= 15 is 0 Å². The van der Waals surface area contributed by atoms with E-state index in [4.69, 9.17) is 11.6 Å². The molecule has 0 saturated carbocycles. The molecule has 3 aromatic rings. The highest BCUT2D eigenvalue weighted by Crippen LogP contribution is 2.31. The lowest BCUT2D eigenvalue weighted by Gasteiger charge is -2.12. The maximum Gasteiger partial charge on any atom is 0.0960 e. The van der Waals surface area contributed by atoms with Crippen LogP contribution in [0.1, 0.15) is 27.2 Å². The van der Waals surface area contributed by atoms with Gasteiger partial charge >= 0.3 is 0 Å². The molecule has 0 bridgehead atoms. The van der Waals surface area contributed by atoms with Crippen molar-refractivity contribution < 1.29 is 5.11 Å². The van der Waals surface area contributed by atoms with Crippen LogP contribution in [0.2, 0.25) is 5.02 Å². The monoisotopic (exact) mass is 318 g/mol. The van der Waals surface area contributed by atoms with Crippen LogP contribution in [0.5, 0.6) is 0 Å². The van der Waals surface area contributed by atoms with Crippen molar-refractivity contribution in [3.05, 3.63) is 56.6 Å². The molecule has 108 valence electrons. The summed E-state index contributed by atoms with van der Waals surface area (Å²) in [5.41, 5.74) is 2.57. The maximum absolute atomic E-state index is 10.5. The van der Waals surface area contributed by atoms with Crippen LogP contribution in [-0.4, -0.2) is 15.1 Å². The summed E-state index contributed by atoms with van der Waals surface area (Å²) in [7, 11) is 0. The van der Waals surface area contributed by atoms with Gasteiger partial charge in [0.2, 0.25) is 0 Å². The van der Waals surface area contributed by atoms with E-state index in [9.17, 15) is 5.11 Å². The predicted octanol–water partition coefficient (Wildman–Crippen LogP) is 4.24. The Bertz CT molecular complexity index is 781. The fourth-order valence-electron chi connectivity index (χ4n) is 2.33. The molecule has 0 saturated heterocycles. The Labute approximate surface area is 132 Å². The molecule has 5 heteroatoms. The first-order valence-corrected chi connectivity index (χ1v) is 7.90. The standard InChI is InChI=1S/C16H15ClN2OS/c1-9-10(2)21-15(19-9)8-14(20)12-5-6-13(17)11-4-3-7-18-16(11)12/h3-7,14,20H,8H2,1-2H3. The Balaban J connectivity index is 1.98. The number of hydrogen-bond donors (Lipinski definition) is 1. The molecule has 1 unspecified atom stereocenters. The minimum atomic E-state index is -0.635. The Hall–Kier alpha value is -1.49. The Kier molecular flexibility index (Phi) is 3.93. The normalized spacial score (nSPS) is 12.8. The molecular weight excluding hydrogens is 304 g/mol. The number of halogens is 1. The molecule has 1 N–H and O–H groups in total. The quantitative estimate of drug-likeness (QED) is 0.785. The summed E-state index contributed by atoms with van der Waals surface area (Å²) in [5, 5.41) is 13.0. The Morgan fingerprint density at radius 2 is 2.10 bits per heavy atom. The number of thiazole rings is 1. The highest BCUT2D eigenvalue weighted by Gasteiger charge is 2.16. The van der Waals surface area contributed by atoms with Crippen molar-refractivity contribution in [2.75, 3.05) is 0 Å². The number of benzene rings is 1. The van der Waals surface area contributed by atoms with Crippen LogP contribution in [0, 0.1) is 13.8 Å². The van der Waals surface area contributed by atoms with Crippen LogP contribution in [0.3, 0.4) is 0 Å². The van der Waals surface area contributed by atoms with Gasteiger partial charge in [0, 0.05) is 33.5 Å². The fraction of sp³-hybridized carbons (Fsp3) is 0.250. The summed E-state index contributed by atoms with van der Waals surface area (Å²) < 4.78 is 0. The van der Waals surface area contributed by atoms with E-state index in [2.05, 4.69) is 9.97 Å². The molecule has 2 aromatic heterocycles. The van der Waals surface area contributed by atoms with E-state index in [1.54, 1.807) is 17.5 Å². The van der Waals surface area contributed by atoms with Gasteiger partial charge in [0.15, 0.2) is 0 Å². The van der Waals surface area contributed by atoms with Crippen molar-refractivity contribution >= 4 is 33.8 Å². The number of aryl methyl sites for hydroxylation is 2. The molecule has 1 aromatic carbocycles. The second-order valence-electron chi connectivity index (χ2n) is 5.01. The Morgan fingerprint density at radius 1 is 1.29 bits per heavy atom. The molecule has 0 amide bonds. The van der Waals surface area contributed by atoms with Crippen molar-refractivity contribution in [1.29, 1.82) is 0 Å². The number of aliphatic hydroxyl groups is 1. The highest BCUT2D eigenvalue weighted by molar-refractivity contribution is 7.11. The van der Waals surface area contributed by atoms with Crippen molar-refractivity contribution in [3.63, 3.8) is 0 Å². The lowest BCUT2D eigenvalue weighted by molar-refractivity contribution is 0.179. The van der Waals surface area contributed by atoms with Gasteiger partial charge in [0.05, 0.1) is 22.3 Å². The van der Waals surface area contributed by atoms with E-state index in [-0.39, 0.29) is 0 Å². The molecule has 21 heavy (non-hydrogen) atoms. The van der Waals surface area contributed by atoms with E-state index in [1.165, 1.54) is 4.88 Å². The summed E-state index contributed by atoms with van der Waals surface area (Å²) in [4.78, 5) is 10.0. The lowest BCUT2D eigenvalue weighted by Crippen LogP contribution is -2.03. The zero-order valence-electron chi connectivity index (χ0n) is 11.8. The largest absolute Gasteiger partial charge is 0.388 e. The number of aromatic nitrogens is 2. The number of hydrogen-bond acceptors (Lipinski definition) is 4. The zero-order valence-corrected chi connectivity index (χ0v) is 13.4. The molecule has 0 fully saturated rings. The van der Waals surface area contributed by atoms with Gasteiger partial charge < -0.3 is 5.11 Å². The van der Waals surface area contributed by atoms with Crippen LogP contribution in [0.4, 0.5) is 0 Å². The second kappa shape index (κ2) is 5.72. The predicted molar refractivity (Wildman–Crippen MR) is 87.0 cm³/mol. The van der Waals surface area contributed by atoms with E-state index in [0.29, 0.717) is 11.4 Å². The molecule has 3 rings (SSSR count). The summed E-state index contributed by atoms with van der Waals surface area (Å²) in [6.07, 6.45) is 1.57. The van der Waals surface area contributed by atoms with Gasteiger partial charge in [0.25, 0.3) is 0 Å². The molecule has 3 nitrogen and oxygen atoms in total. The number of pyridine rings is 1. The van der Waals surface area contributed by atoms with Crippen LogP contribution >= 0.6 is 22.9 Å². The van der Waals surface area contributed by atoms with Crippen LogP contribution in [0.15, 0.2) is 30.5 Å². The molecule has 0 aliphatic heterocycles. The summed E-state index contributed by atoms with van der Waals surface area (Å²) in [6.45, 7) is 4.03. The summed E-state index contributed by atoms with van der Waals surface area (Å²) in [5.74, 6) is 0. The smallest absolute Gasteiger partial charge is 0.0960 e. The van der Waals surface area contributed by atoms with Gasteiger partial charge in [-0.25, -0.2) is 4.98 Å². The van der Waals surface area contributed by atoms with Crippen LogP contribution in [-0.2, 0) is 6.42 Å². The minimum absolute atomic E-state index is 0.493. The third-order valence-corrected chi connectivity index (χ3v) is 4.97. The fourth-order valence-corrected chi connectivity index (χ4v) is 3.52. The van der Waals surface area contributed by atoms with E-state index < -0.39 is 6.10 Å². The van der Waals surface area contributed by atoms with E-state index in [1.807, 2.05) is 38.1 Å². The van der Waals surface area contributed by atoms with Crippen LogP contribution in [0.25, 0.3) is 10.9 Å². The van der Waals surface area contributed by atoms with Gasteiger partial charge in [-0.1, -0.05) is 17.7 Å². The van der Waals surface area contributed by atoms with Gasteiger partial charge in [-0.2, -0.15) is 0 Å². The third kappa shape index (κ3) is 2.79. The third-order valence-electron chi connectivity index (χ3n) is 3.55. The number of rotatable bonds is 3. The number of nitrogens with zero attached hydrogens (tertiary/aromatic N) is 2. The lowest BCUT2D eigenvalue weighted by atomic mass is 10.0. The molecule has 0 spiro atoms. The first-order chi connectivity index (χ1) is 10.1. The topological polar surface area (TPSA) is 46.0 Å². The molecular formula is C16H15ClN2OS. The molecule has 0 aliphatic carbocycles. The summed E-state index contributed by atoms with van der Waals surface area (Å²) >= 11 is 7.81. The first-order valence-electron chi connectivity index (χ1n) is 6.70. The van der Waals surface area contributed by atoms with Gasteiger partial charge in [-0.3, -0.25) is 4.98 Å². The minimum Gasteiger partial charge on any atom is -0.388 e. The number of aliphatic hydroxyl groups excluding tert-OH is 1. The molecule has 0 radical (unpaired) electrons. The van der Waals surface area contributed by atoms with Crippen molar-refractivity contribution in [1.82, 2.24) is 9.97 Å². The summed E-state index contributed by atoms with van der Waals surface area (Å²) in [6, 6.07) is 7.41. The van der Waals surface area contributed by atoms with Gasteiger partial charge in [-0.15, -0.1) is 11.3 Å². The van der Waals surface area contributed by atoms with E-state index in [0.717, 1.165) is 27.2 Å². The number of fused-ring (bicyclic) bond motifs is 1. The maximum atomic E-state index is 10.5. The first kappa shape index (κ1) is 14.4. The average molecular weight is 319 g/mol. The molecule has 2 heterocycles. The molecule has 0 aliphatic rings. The average Bonchev–Trinajstić information content (AvgIpc) is 2.77. The van der Waals surface area contributed by atoms with Gasteiger partial charge in [-0.05, 0) is 32.0 Å². The van der Waals surface area contributed by atoms with Crippen molar-refractivity contribution in [2.45, 2.75) is 26.4 Å².